The van der Waals surface area contributed by atoms with Crippen LogP contribution in [0.2, 0.25) is 0 Å². The molecular formula is C14H20N2O. The molecule has 0 spiro atoms. The maximum Gasteiger partial charge on any atom is 0.240 e. The van der Waals surface area contributed by atoms with E-state index in [0.29, 0.717) is 6.54 Å². The van der Waals surface area contributed by atoms with Crippen LogP contribution in [0, 0.1) is 16.7 Å². The van der Waals surface area contributed by atoms with E-state index in [4.69, 9.17) is 5.26 Å². The van der Waals surface area contributed by atoms with Gasteiger partial charge in [-0.05, 0) is 51.4 Å². The second kappa shape index (κ2) is 5.35. The van der Waals surface area contributed by atoms with E-state index < -0.39 is 5.41 Å². The average molecular weight is 232 g/mol. The molecule has 2 rings (SSSR count). The van der Waals surface area contributed by atoms with Gasteiger partial charge in [-0.1, -0.05) is 11.6 Å². The minimum atomic E-state index is -0.694. The topological polar surface area (TPSA) is 52.9 Å². The van der Waals surface area contributed by atoms with Crippen molar-refractivity contribution in [3.05, 3.63) is 11.6 Å². The first kappa shape index (κ1) is 12.2. The summed E-state index contributed by atoms with van der Waals surface area (Å²) < 4.78 is 0. The van der Waals surface area contributed by atoms with Crippen LogP contribution in [-0.2, 0) is 4.79 Å². The standard InChI is InChI=1S/C14H20N2O/c15-11-14(8-4-9-14)13(17)16-10-7-12-5-2-1-3-6-12/h5H,1-4,6-10H2,(H,16,17). The van der Waals surface area contributed by atoms with E-state index >= 15 is 0 Å². The van der Waals surface area contributed by atoms with Gasteiger partial charge in [-0.25, -0.2) is 0 Å². The van der Waals surface area contributed by atoms with Crippen molar-refractivity contribution in [3.8, 4) is 6.07 Å². The van der Waals surface area contributed by atoms with E-state index in [9.17, 15) is 4.79 Å². The third-order valence-corrected chi connectivity index (χ3v) is 3.97. The molecule has 0 atom stereocenters. The van der Waals surface area contributed by atoms with Gasteiger partial charge in [-0.3, -0.25) is 4.79 Å². The largest absolute Gasteiger partial charge is 0.354 e. The van der Waals surface area contributed by atoms with Crippen molar-refractivity contribution in [1.29, 1.82) is 5.26 Å². The number of nitrogens with one attached hydrogen (secondary N) is 1. The predicted molar refractivity (Wildman–Crippen MR) is 66.1 cm³/mol. The predicted octanol–water partition coefficient (Wildman–Crippen LogP) is 2.69. The lowest BCUT2D eigenvalue weighted by Crippen LogP contribution is -2.45. The van der Waals surface area contributed by atoms with Crippen LogP contribution in [0.3, 0.4) is 0 Å². The second-order valence-corrected chi connectivity index (χ2v) is 5.16. The number of amides is 1. The van der Waals surface area contributed by atoms with Crippen LogP contribution in [-0.4, -0.2) is 12.5 Å². The maximum absolute atomic E-state index is 11.9. The van der Waals surface area contributed by atoms with Crippen molar-refractivity contribution in [3.63, 3.8) is 0 Å². The number of hydrogen-bond acceptors (Lipinski definition) is 2. The third-order valence-electron chi connectivity index (χ3n) is 3.97. The number of allylic oxidation sites excluding steroid dienone is 1. The fourth-order valence-electron chi connectivity index (χ4n) is 2.56. The maximum atomic E-state index is 11.9. The Labute approximate surface area is 103 Å². The Morgan fingerprint density at radius 2 is 2.24 bits per heavy atom. The summed E-state index contributed by atoms with van der Waals surface area (Å²) in [5.41, 5.74) is 0.775. The fourth-order valence-corrected chi connectivity index (χ4v) is 2.56. The Morgan fingerprint density at radius 3 is 2.76 bits per heavy atom. The van der Waals surface area contributed by atoms with Gasteiger partial charge >= 0.3 is 0 Å². The molecule has 1 fully saturated rings. The molecule has 1 saturated carbocycles. The molecule has 17 heavy (non-hydrogen) atoms. The zero-order valence-electron chi connectivity index (χ0n) is 10.3. The first-order valence-corrected chi connectivity index (χ1v) is 6.64. The first-order chi connectivity index (χ1) is 8.27. The van der Waals surface area contributed by atoms with Crippen molar-refractivity contribution in [2.24, 2.45) is 5.41 Å². The van der Waals surface area contributed by atoms with Crippen molar-refractivity contribution in [2.45, 2.75) is 51.4 Å². The van der Waals surface area contributed by atoms with E-state index in [0.717, 1.165) is 25.7 Å². The summed E-state index contributed by atoms with van der Waals surface area (Å²) in [6.45, 7) is 0.689. The summed E-state index contributed by atoms with van der Waals surface area (Å²) in [6, 6.07) is 2.18. The fraction of sp³-hybridized carbons (Fsp3) is 0.714. The highest BCUT2D eigenvalue weighted by molar-refractivity contribution is 5.86. The molecule has 2 aliphatic rings. The van der Waals surface area contributed by atoms with Crippen LogP contribution < -0.4 is 5.32 Å². The van der Waals surface area contributed by atoms with Crippen molar-refractivity contribution >= 4 is 5.91 Å². The molecule has 1 N–H and O–H groups in total. The van der Waals surface area contributed by atoms with Crippen LogP contribution in [0.1, 0.15) is 51.4 Å². The van der Waals surface area contributed by atoms with E-state index in [2.05, 4.69) is 17.5 Å². The first-order valence-electron chi connectivity index (χ1n) is 6.64. The van der Waals surface area contributed by atoms with Crippen LogP contribution in [0.4, 0.5) is 0 Å². The highest BCUT2D eigenvalue weighted by Crippen LogP contribution is 2.40. The summed E-state index contributed by atoms with van der Waals surface area (Å²) in [5.74, 6) is -0.0531. The molecule has 3 nitrogen and oxygen atoms in total. The summed E-state index contributed by atoms with van der Waals surface area (Å²) >= 11 is 0. The van der Waals surface area contributed by atoms with Gasteiger partial charge in [0.15, 0.2) is 0 Å². The Bertz CT molecular complexity index is 361. The minimum absolute atomic E-state index is 0.0531. The number of carbonyl (C=O) groups excluding carboxylic acids is 1. The van der Waals surface area contributed by atoms with Gasteiger partial charge in [0.2, 0.25) is 5.91 Å². The summed E-state index contributed by atoms with van der Waals surface area (Å²) in [4.78, 5) is 11.9. The van der Waals surface area contributed by atoms with E-state index in [1.807, 2.05) is 0 Å². The molecule has 1 amide bonds. The van der Waals surface area contributed by atoms with Gasteiger partial charge in [-0.15, -0.1) is 0 Å². The molecule has 0 radical (unpaired) electrons. The van der Waals surface area contributed by atoms with Crippen LogP contribution >= 0.6 is 0 Å². The lowest BCUT2D eigenvalue weighted by Gasteiger charge is -2.33. The molecule has 3 heteroatoms. The third kappa shape index (κ3) is 2.69. The Morgan fingerprint density at radius 1 is 1.41 bits per heavy atom. The summed E-state index contributed by atoms with van der Waals surface area (Å²) in [5, 5.41) is 12.0. The van der Waals surface area contributed by atoms with E-state index in [1.165, 1.54) is 31.3 Å². The quantitative estimate of drug-likeness (QED) is 0.758. The molecule has 0 aromatic rings. The summed E-state index contributed by atoms with van der Waals surface area (Å²) in [6.07, 6.45) is 10.7. The average Bonchev–Trinajstić information content (AvgIpc) is 2.30. The van der Waals surface area contributed by atoms with Gasteiger partial charge in [0.25, 0.3) is 0 Å². The van der Waals surface area contributed by atoms with Crippen LogP contribution in [0.25, 0.3) is 0 Å². The highest BCUT2D eigenvalue weighted by atomic mass is 16.2. The van der Waals surface area contributed by atoms with Crippen molar-refractivity contribution in [1.82, 2.24) is 5.32 Å². The normalized spacial score (nSPS) is 21.9. The van der Waals surface area contributed by atoms with E-state index in [-0.39, 0.29) is 5.91 Å². The molecule has 0 aromatic carbocycles. The molecule has 92 valence electrons. The van der Waals surface area contributed by atoms with Crippen molar-refractivity contribution < 1.29 is 4.79 Å². The van der Waals surface area contributed by atoms with Gasteiger partial charge in [-0.2, -0.15) is 5.26 Å². The van der Waals surface area contributed by atoms with Crippen LogP contribution in [0.15, 0.2) is 11.6 Å². The number of carbonyl (C=O) groups is 1. The van der Waals surface area contributed by atoms with Crippen LogP contribution in [0.5, 0.6) is 0 Å². The highest BCUT2D eigenvalue weighted by Gasteiger charge is 2.44. The number of rotatable bonds is 4. The lowest BCUT2D eigenvalue weighted by molar-refractivity contribution is -0.131. The summed E-state index contributed by atoms with van der Waals surface area (Å²) in [7, 11) is 0. The van der Waals surface area contributed by atoms with E-state index in [1.54, 1.807) is 0 Å². The van der Waals surface area contributed by atoms with Gasteiger partial charge in [0.1, 0.15) is 5.41 Å². The van der Waals surface area contributed by atoms with Crippen molar-refractivity contribution in [2.75, 3.05) is 6.54 Å². The van der Waals surface area contributed by atoms with Gasteiger partial charge in [0.05, 0.1) is 6.07 Å². The smallest absolute Gasteiger partial charge is 0.240 e. The zero-order valence-corrected chi connectivity index (χ0v) is 10.3. The zero-order chi connectivity index (χ0) is 12.1. The van der Waals surface area contributed by atoms with Gasteiger partial charge in [0, 0.05) is 6.54 Å². The molecule has 0 heterocycles. The molecule has 0 aliphatic heterocycles. The SMILES string of the molecule is N#CC1(C(=O)NCCC2=CCCCC2)CCC1. The molecule has 2 aliphatic carbocycles. The number of hydrogen-bond donors (Lipinski definition) is 1. The number of nitrogens with zero attached hydrogens (tertiary/aromatic N) is 1. The van der Waals surface area contributed by atoms with Gasteiger partial charge < -0.3 is 5.32 Å². The Hall–Kier alpha value is -1.30. The minimum Gasteiger partial charge on any atom is -0.354 e. The molecule has 0 unspecified atom stereocenters. The molecule has 0 saturated heterocycles. The molecule has 0 aromatic heterocycles. The Kier molecular flexibility index (Phi) is 3.83. The molecule has 0 bridgehead atoms. The monoisotopic (exact) mass is 232 g/mol. The number of nitriles is 1. The second-order valence-electron chi connectivity index (χ2n) is 5.16. The Balaban J connectivity index is 1.73. The molecular weight excluding hydrogens is 212 g/mol. The lowest BCUT2D eigenvalue weighted by atomic mass is 9.69.